The topological polar surface area (TPSA) is 61.4 Å². The molecule has 0 aromatic carbocycles. The predicted octanol–water partition coefficient (Wildman–Crippen LogP) is 0.683. The summed E-state index contributed by atoms with van der Waals surface area (Å²) in [4.78, 5) is 11.8. The number of halogens is 1. The van der Waals surface area contributed by atoms with Gasteiger partial charge in [0.2, 0.25) is 5.91 Å². The van der Waals surface area contributed by atoms with Crippen molar-refractivity contribution in [1.29, 1.82) is 0 Å². The first kappa shape index (κ1) is 14.1. The Balaban J connectivity index is 0.00000120. The molecule has 3 aliphatic rings. The maximum Gasteiger partial charge on any atom is 0.234 e. The number of carbonyl (C=O) groups excluding carboxylic acids is 1. The molecular weight excluding hydrogens is 252 g/mol. The molecule has 2 bridgehead atoms. The monoisotopic (exact) mass is 274 g/mol. The first-order valence-electron chi connectivity index (χ1n) is 6.91. The summed E-state index contributed by atoms with van der Waals surface area (Å²) in [5.74, 6) is 1.67. The molecule has 0 aromatic heterocycles. The molecule has 4 unspecified atom stereocenters. The molecule has 0 saturated heterocycles. The van der Waals surface area contributed by atoms with Gasteiger partial charge in [0.1, 0.15) is 0 Å². The molecule has 0 heterocycles. The molecular formula is C13H23ClN2O2. The average Bonchev–Trinajstić information content (AvgIpc) is 2.95. The molecule has 3 fully saturated rings. The molecule has 0 spiro atoms. The number of amides is 1. The Bertz CT molecular complexity index is 309. The van der Waals surface area contributed by atoms with Gasteiger partial charge in [-0.2, -0.15) is 0 Å². The zero-order valence-corrected chi connectivity index (χ0v) is 11.4. The third-order valence-corrected chi connectivity index (χ3v) is 4.76. The van der Waals surface area contributed by atoms with Crippen molar-refractivity contribution in [2.45, 2.75) is 44.2 Å². The Hall–Kier alpha value is -0.320. The van der Waals surface area contributed by atoms with Gasteiger partial charge < -0.3 is 15.7 Å². The van der Waals surface area contributed by atoms with Gasteiger partial charge in [0.05, 0.1) is 6.54 Å². The van der Waals surface area contributed by atoms with Crippen molar-refractivity contribution in [3.63, 3.8) is 0 Å². The smallest absolute Gasteiger partial charge is 0.234 e. The van der Waals surface area contributed by atoms with Crippen LogP contribution in [0.25, 0.3) is 0 Å². The minimum absolute atomic E-state index is 0. The summed E-state index contributed by atoms with van der Waals surface area (Å²) in [5, 5.41) is 15.8. The highest BCUT2D eigenvalue weighted by Crippen LogP contribution is 2.48. The summed E-state index contributed by atoms with van der Waals surface area (Å²) < 4.78 is 0. The van der Waals surface area contributed by atoms with Crippen LogP contribution >= 0.6 is 12.4 Å². The lowest BCUT2D eigenvalue weighted by Gasteiger charge is -2.30. The molecule has 18 heavy (non-hydrogen) atoms. The van der Waals surface area contributed by atoms with E-state index in [1.165, 1.54) is 32.1 Å². The third-order valence-electron chi connectivity index (χ3n) is 4.76. The average molecular weight is 275 g/mol. The zero-order chi connectivity index (χ0) is 11.8. The standard InChI is InChI=1S/C13H22N2O2.ClH/c16-7-11-8-1-2-9(5-8)13(11)15-12(17)6-14-10-3-4-10;/h8-11,13-14,16H,1-7H2,(H,15,17);1H. The molecule has 0 radical (unpaired) electrons. The van der Waals surface area contributed by atoms with Crippen molar-refractivity contribution in [2.24, 2.45) is 17.8 Å². The Morgan fingerprint density at radius 1 is 1.17 bits per heavy atom. The van der Waals surface area contributed by atoms with E-state index in [2.05, 4.69) is 10.6 Å². The summed E-state index contributed by atoms with van der Waals surface area (Å²) >= 11 is 0. The second-order valence-corrected chi connectivity index (χ2v) is 5.93. The number of aliphatic hydroxyl groups excluding tert-OH is 1. The SMILES string of the molecule is Cl.O=C(CNC1CC1)NC1C2CCC(C2)C1CO. The van der Waals surface area contributed by atoms with Crippen molar-refractivity contribution >= 4 is 18.3 Å². The van der Waals surface area contributed by atoms with Crippen LogP contribution in [-0.4, -0.2) is 36.2 Å². The summed E-state index contributed by atoms with van der Waals surface area (Å²) in [6, 6.07) is 0.807. The van der Waals surface area contributed by atoms with E-state index < -0.39 is 0 Å². The van der Waals surface area contributed by atoms with Gasteiger partial charge >= 0.3 is 0 Å². The minimum atomic E-state index is 0. The normalized spacial score (nSPS) is 37.4. The molecule has 5 heteroatoms. The van der Waals surface area contributed by atoms with Crippen LogP contribution in [0.4, 0.5) is 0 Å². The van der Waals surface area contributed by atoms with Gasteiger partial charge in [-0.15, -0.1) is 12.4 Å². The van der Waals surface area contributed by atoms with Crippen molar-refractivity contribution < 1.29 is 9.90 Å². The number of aliphatic hydroxyl groups is 1. The van der Waals surface area contributed by atoms with Crippen LogP contribution in [-0.2, 0) is 4.79 Å². The number of carbonyl (C=O) groups is 1. The third kappa shape index (κ3) is 2.81. The van der Waals surface area contributed by atoms with E-state index in [1.807, 2.05) is 0 Å². The molecule has 1 amide bonds. The number of hydrogen-bond donors (Lipinski definition) is 3. The molecule has 104 valence electrons. The molecule has 3 aliphatic carbocycles. The number of rotatable bonds is 5. The molecule has 4 nitrogen and oxygen atoms in total. The van der Waals surface area contributed by atoms with E-state index in [4.69, 9.17) is 0 Å². The summed E-state index contributed by atoms with van der Waals surface area (Å²) in [5.41, 5.74) is 0. The van der Waals surface area contributed by atoms with Crippen molar-refractivity contribution in [2.75, 3.05) is 13.2 Å². The predicted molar refractivity (Wildman–Crippen MR) is 71.6 cm³/mol. The van der Waals surface area contributed by atoms with E-state index in [0.29, 0.717) is 30.3 Å². The summed E-state index contributed by atoms with van der Waals surface area (Å²) in [7, 11) is 0. The first-order chi connectivity index (χ1) is 8.28. The molecule has 0 aliphatic heterocycles. The lowest BCUT2D eigenvalue weighted by Crippen LogP contribution is -2.48. The molecule has 3 saturated carbocycles. The van der Waals surface area contributed by atoms with Gasteiger partial charge in [0, 0.05) is 24.6 Å². The van der Waals surface area contributed by atoms with Gasteiger partial charge in [-0.25, -0.2) is 0 Å². The van der Waals surface area contributed by atoms with E-state index >= 15 is 0 Å². The minimum Gasteiger partial charge on any atom is -0.396 e. The first-order valence-corrected chi connectivity index (χ1v) is 6.91. The molecule has 3 N–H and O–H groups in total. The van der Waals surface area contributed by atoms with Crippen LogP contribution in [0.15, 0.2) is 0 Å². The maximum absolute atomic E-state index is 11.8. The number of fused-ring (bicyclic) bond motifs is 2. The van der Waals surface area contributed by atoms with Crippen LogP contribution < -0.4 is 10.6 Å². The fourth-order valence-corrected chi connectivity index (χ4v) is 3.66. The van der Waals surface area contributed by atoms with E-state index in [9.17, 15) is 9.90 Å². The van der Waals surface area contributed by atoms with Crippen molar-refractivity contribution in [1.82, 2.24) is 10.6 Å². The quantitative estimate of drug-likeness (QED) is 0.691. The van der Waals surface area contributed by atoms with Crippen LogP contribution in [0, 0.1) is 17.8 Å². The Labute approximate surface area is 114 Å². The van der Waals surface area contributed by atoms with Crippen LogP contribution in [0.3, 0.4) is 0 Å². The highest BCUT2D eigenvalue weighted by molar-refractivity contribution is 5.85. The van der Waals surface area contributed by atoms with Crippen molar-refractivity contribution in [3.05, 3.63) is 0 Å². The fourth-order valence-electron chi connectivity index (χ4n) is 3.66. The Kier molecular flexibility index (Phi) is 4.51. The van der Waals surface area contributed by atoms with Gasteiger partial charge in [0.15, 0.2) is 0 Å². The lowest BCUT2D eigenvalue weighted by atomic mass is 9.85. The van der Waals surface area contributed by atoms with Crippen molar-refractivity contribution in [3.8, 4) is 0 Å². The van der Waals surface area contributed by atoms with Gasteiger partial charge in [-0.1, -0.05) is 0 Å². The number of nitrogens with one attached hydrogen (secondary N) is 2. The van der Waals surface area contributed by atoms with Gasteiger partial charge in [-0.3, -0.25) is 4.79 Å². The van der Waals surface area contributed by atoms with Crippen LogP contribution in [0.2, 0.25) is 0 Å². The van der Waals surface area contributed by atoms with E-state index in [0.717, 1.165) is 0 Å². The largest absolute Gasteiger partial charge is 0.396 e. The Morgan fingerprint density at radius 2 is 1.89 bits per heavy atom. The Morgan fingerprint density at radius 3 is 2.56 bits per heavy atom. The highest BCUT2D eigenvalue weighted by Gasteiger charge is 2.47. The number of hydrogen-bond acceptors (Lipinski definition) is 3. The van der Waals surface area contributed by atoms with Gasteiger partial charge in [-0.05, 0) is 43.9 Å². The van der Waals surface area contributed by atoms with Gasteiger partial charge in [0.25, 0.3) is 0 Å². The molecule has 3 rings (SSSR count). The second kappa shape index (κ2) is 5.76. The lowest BCUT2D eigenvalue weighted by molar-refractivity contribution is -0.121. The van der Waals surface area contributed by atoms with E-state index in [1.54, 1.807) is 0 Å². The van der Waals surface area contributed by atoms with Crippen LogP contribution in [0.1, 0.15) is 32.1 Å². The van der Waals surface area contributed by atoms with E-state index in [-0.39, 0.29) is 31.0 Å². The molecule has 4 atom stereocenters. The molecule has 0 aromatic rings. The fraction of sp³-hybridized carbons (Fsp3) is 0.923. The second-order valence-electron chi connectivity index (χ2n) is 5.93. The zero-order valence-electron chi connectivity index (χ0n) is 10.6. The highest BCUT2D eigenvalue weighted by atomic mass is 35.5. The van der Waals surface area contributed by atoms with Crippen LogP contribution in [0.5, 0.6) is 0 Å². The summed E-state index contributed by atoms with van der Waals surface area (Å²) in [6.45, 7) is 0.666. The summed E-state index contributed by atoms with van der Waals surface area (Å²) in [6.07, 6.45) is 6.08. The maximum atomic E-state index is 11.8.